The van der Waals surface area contributed by atoms with Crippen molar-refractivity contribution >= 4 is 48.6 Å². The van der Waals surface area contributed by atoms with Crippen LogP contribution in [0.2, 0.25) is 0 Å². The number of halogens is 1. The van der Waals surface area contributed by atoms with E-state index >= 15 is 0 Å². The Balaban J connectivity index is 1.97. The number of furan rings is 1. The molecule has 0 radical (unpaired) electrons. The van der Waals surface area contributed by atoms with Crippen molar-refractivity contribution in [1.29, 1.82) is 0 Å². The highest BCUT2D eigenvalue weighted by Gasteiger charge is 2.14. The van der Waals surface area contributed by atoms with Crippen molar-refractivity contribution in [2.75, 3.05) is 0 Å². The summed E-state index contributed by atoms with van der Waals surface area (Å²) in [6.07, 6.45) is 0. The highest BCUT2D eigenvalue weighted by Crippen LogP contribution is 2.39. The maximum atomic E-state index is 6.14. The van der Waals surface area contributed by atoms with E-state index in [9.17, 15) is 0 Å². The topological polar surface area (TPSA) is 13.1 Å². The maximum absolute atomic E-state index is 6.14. The number of fused-ring (bicyclic) bond motifs is 5. The summed E-state index contributed by atoms with van der Waals surface area (Å²) in [5.74, 6) is 0. The van der Waals surface area contributed by atoms with Gasteiger partial charge in [0.25, 0.3) is 0 Å². The van der Waals surface area contributed by atoms with Gasteiger partial charge in [-0.15, -0.1) is 0 Å². The maximum Gasteiger partial charge on any atom is 0.136 e. The predicted molar refractivity (Wildman–Crippen MR) is 104 cm³/mol. The normalized spacial score (nSPS) is 11.5. The third-order valence-electron chi connectivity index (χ3n) is 4.54. The highest BCUT2D eigenvalue weighted by molar-refractivity contribution is 9.10. The van der Waals surface area contributed by atoms with Gasteiger partial charge in [-0.3, -0.25) is 0 Å². The number of benzene rings is 4. The van der Waals surface area contributed by atoms with Crippen LogP contribution in [0.15, 0.2) is 87.8 Å². The molecule has 0 amide bonds. The summed E-state index contributed by atoms with van der Waals surface area (Å²) < 4.78 is 7.22. The molecule has 0 unspecified atom stereocenters. The predicted octanol–water partition coefficient (Wildman–Crippen LogP) is 7.17. The molecule has 4 aromatic carbocycles. The van der Waals surface area contributed by atoms with Gasteiger partial charge in [-0.1, -0.05) is 70.5 Å². The van der Waals surface area contributed by atoms with Gasteiger partial charge in [0.1, 0.15) is 11.2 Å². The van der Waals surface area contributed by atoms with Crippen molar-refractivity contribution in [3.8, 4) is 11.1 Å². The third kappa shape index (κ3) is 2.00. The molecular formula is C22H13BrO. The summed E-state index contributed by atoms with van der Waals surface area (Å²) >= 11 is 3.51. The van der Waals surface area contributed by atoms with Crippen LogP contribution in [0.4, 0.5) is 0 Å². The summed E-state index contributed by atoms with van der Waals surface area (Å²) in [6, 6.07) is 27.4. The van der Waals surface area contributed by atoms with Gasteiger partial charge >= 0.3 is 0 Å². The van der Waals surface area contributed by atoms with Gasteiger partial charge < -0.3 is 4.42 Å². The largest absolute Gasteiger partial charge is 0.456 e. The van der Waals surface area contributed by atoms with Crippen LogP contribution in [0.25, 0.3) is 43.8 Å². The first-order chi connectivity index (χ1) is 11.8. The molecule has 24 heavy (non-hydrogen) atoms. The van der Waals surface area contributed by atoms with E-state index in [-0.39, 0.29) is 0 Å². The molecule has 0 saturated carbocycles. The molecule has 0 saturated heterocycles. The second-order valence-corrected chi connectivity index (χ2v) is 6.86. The van der Waals surface area contributed by atoms with Crippen molar-refractivity contribution in [1.82, 2.24) is 0 Å². The van der Waals surface area contributed by atoms with E-state index in [2.05, 4.69) is 82.7 Å². The lowest BCUT2D eigenvalue weighted by Crippen LogP contribution is -1.82. The molecule has 114 valence electrons. The fourth-order valence-corrected chi connectivity index (χ4v) is 3.72. The van der Waals surface area contributed by atoms with Crippen LogP contribution in [-0.4, -0.2) is 0 Å². The van der Waals surface area contributed by atoms with Crippen molar-refractivity contribution in [3.05, 3.63) is 83.3 Å². The van der Waals surface area contributed by atoms with Crippen LogP contribution in [0, 0.1) is 0 Å². The van der Waals surface area contributed by atoms with Crippen LogP contribution in [-0.2, 0) is 0 Å². The van der Waals surface area contributed by atoms with E-state index in [4.69, 9.17) is 4.42 Å². The van der Waals surface area contributed by atoms with Gasteiger partial charge in [0.2, 0.25) is 0 Å². The Morgan fingerprint density at radius 2 is 1.29 bits per heavy atom. The monoisotopic (exact) mass is 372 g/mol. The molecule has 1 heterocycles. The third-order valence-corrected chi connectivity index (χ3v) is 5.07. The zero-order valence-electron chi connectivity index (χ0n) is 12.8. The van der Waals surface area contributed by atoms with Crippen LogP contribution < -0.4 is 0 Å². The molecule has 0 aliphatic rings. The summed E-state index contributed by atoms with van der Waals surface area (Å²) in [5.41, 5.74) is 4.26. The average Bonchev–Trinajstić information content (AvgIpc) is 3.00. The number of rotatable bonds is 1. The molecular weight excluding hydrogens is 360 g/mol. The minimum atomic E-state index is 0.936. The Bertz CT molecular complexity index is 1200. The van der Waals surface area contributed by atoms with E-state index < -0.39 is 0 Å². The van der Waals surface area contributed by atoms with Crippen LogP contribution >= 0.6 is 15.9 Å². The lowest BCUT2D eigenvalue weighted by molar-refractivity contribution is 0.669. The van der Waals surface area contributed by atoms with E-state index in [1.54, 1.807) is 0 Å². The number of hydrogen-bond donors (Lipinski definition) is 0. The average molecular weight is 373 g/mol. The fraction of sp³-hybridized carbons (Fsp3) is 0. The smallest absolute Gasteiger partial charge is 0.136 e. The van der Waals surface area contributed by atoms with Gasteiger partial charge in [0.05, 0.1) is 0 Å². The Labute approximate surface area is 147 Å². The van der Waals surface area contributed by atoms with Crippen LogP contribution in [0.5, 0.6) is 0 Å². The quantitative estimate of drug-likeness (QED) is 0.304. The van der Waals surface area contributed by atoms with Crippen molar-refractivity contribution in [3.63, 3.8) is 0 Å². The first kappa shape index (κ1) is 13.8. The Kier molecular flexibility index (Phi) is 3.00. The number of hydrogen-bond acceptors (Lipinski definition) is 1. The van der Waals surface area contributed by atoms with E-state index in [0.717, 1.165) is 15.6 Å². The Morgan fingerprint density at radius 3 is 2.08 bits per heavy atom. The van der Waals surface area contributed by atoms with Gasteiger partial charge in [0.15, 0.2) is 0 Å². The van der Waals surface area contributed by atoms with Crippen molar-refractivity contribution in [2.45, 2.75) is 0 Å². The fourth-order valence-electron chi connectivity index (χ4n) is 3.46. The van der Waals surface area contributed by atoms with Crippen LogP contribution in [0.3, 0.4) is 0 Å². The lowest BCUT2D eigenvalue weighted by Gasteiger charge is -2.08. The minimum Gasteiger partial charge on any atom is -0.456 e. The molecule has 5 aromatic rings. The molecule has 0 N–H and O–H groups in total. The second kappa shape index (κ2) is 5.22. The molecule has 0 fully saturated rings. The van der Waals surface area contributed by atoms with Crippen molar-refractivity contribution < 1.29 is 4.42 Å². The summed E-state index contributed by atoms with van der Waals surface area (Å²) in [5, 5.41) is 4.85. The molecule has 1 nitrogen and oxygen atoms in total. The molecule has 1 aromatic heterocycles. The summed E-state index contributed by atoms with van der Waals surface area (Å²) in [6.45, 7) is 0. The van der Waals surface area contributed by atoms with Gasteiger partial charge in [-0.25, -0.2) is 0 Å². The van der Waals surface area contributed by atoms with Crippen molar-refractivity contribution in [2.24, 2.45) is 0 Å². The SMILES string of the molecule is Brc1ccc(-c2cc3oc4ccccc4c3c3ccccc23)cc1. The molecule has 0 aliphatic heterocycles. The van der Waals surface area contributed by atoms with Gasteiger partial charge in [-0.2, -0.15) is 0 Å². The molecule has 2 heteroatoms. The number of para-hydroxylation sites is 1. The summed E-state index contributed by atoms with van der Waals surface area (Å²) in [4.78, 5) is 0. The van der Waals surface area contributed by atoms with E-state index in [1.165, 1.54) is 32.7 Å². The van der Waals surface area contributed by atoms with Gasteiger partial charge in [0, 0.05) is 15.2 Å². The first-order valence-corrected chi connectivity index (χ1v) is 8.69. The Morgan fingerprint density at radius 1 is 0.625 bits per heavy atom. The lowest BCUT2D eigenvalue weighted by atomic mass is 9.95. The van der Waals surface area contributed by atoms with E-state index in [1.807, 2.05) is 12.1 Å². The highest BCUT2D eigenvalue weighted by atomic mass is 79.9. The molecule has 0 spiro atoms. The molecule has 0 atom stereocenters. The summed E-state index contributed by atoms with van der Waals surface area (Å²) in [7, 11) is 0. The Hall–Kier alpha value is -2.58. The van der Waals surface area contributed by atoms with E-state index in [0.29, 0.717) is 0 Å². The first-order valence-electron chi connectivity index (χ1n) is 7.90. The van der Waals surface area contributed by atoms with Gasteiger partial charge in [-0.05, 0) is 46.2 Å². The molecule has 0 aliphatic carbocycles. The zero-order valence-corrected chi connectivity index (χ0v) is 14.4. The zero-order chi connectivity index (χ0) is 16.1. The minimum absolute atomic E-state index is 0.936. The molecule has 0 bridgehead atoms. The molecule has 5 rings (SSSR count). The second-order valence-electron chi connectivity index (χ2n) is 5.95. The standard InChI is InChI=1S/C22H13BrO/c23-15-11-9-14(10-12-15)19-13-21-22(17-6-2-1-5-16(17)19)18-7-3-4-8-20(18)24-21/h1-13H. The van der Waals surface area contributed by atoms with Crippen LogP contribution in [0.1, 0.15) is 0 Å².